The van der Waals surface area contributed by atoms with Gasteiger partial charge in [-0.3, -0.25) is 0 Å². The zero-order valence-corrected chi connectivity index (χ0v) is 16.3. The van der Waals surface area contributed by atoms with Crippen LogP contribution in [0.4, 0.5) is 11.9 Å². The minimum atomic E-state index is -3.59. The number of aromatic nitrogens is 3. The lowest BCUT2D eigenvalue weighted by Crippen LogP contribution is -2.26. The van der Waals surface area contributed by atoms with E-state index in [1.165, 1.54) is 0 Å². The molecule has 2 rings (SSSR count). The van der Waals surface area contributed by atoms with E-state index in [1.54, 1.807) is 21.9 Å². The van der Waals surface area contributed by atoms with E-state index < -0.39 is 10.0 Å². The molecule has 0 amide bonds. The molecule has 0 fully saturated rings. The maximum absolute atomic E-state index is 12.2. The van der Waals surface area contributed by atoms with Crippen LogP contribution >= 0.6 is 27.3 Å². The predicted molar refractivity (Wildman–Crippen MR) is 94.5 cm³/mol. The van der Waals surface area contributed by atoms with E-state index in [4.69, 9.17) is 0 Å². The first-order valence-electron chi connectivity index (χ1n) is 6.53. The van der Waals surface area contributed by atoms with Crippen molar-refractivity contribution < 1.29 is 8.42 Å². The molecule has 0 spiro atoms. The molecule has 0 aliphatic heterocycles. The van der Waals surface area contributed by atoms with Gasteiger partial charge in [-0.1, -0.05) is 0 Å². The molecule has 11 heteroatoms. The maximum Gasteiger partial charge on any atom is 0.250 e. The average Bonchev–Trinajstić information content (AvgIpc) is 2.92. The van der Waals surface area contributed by atoms with Gasteiger partial charge < -0.3 is 9.80 Å². The Morgan fingerprint density at radius 1 is 1.09 bits per heavy atom. The summed E-state index contributed by atoms with van der Waals surface area (Å²) in [6, 6.07) is 3.23. The molecule has 0 aromatic carbocycles. The summed E-state index contributed by atoms with van der Waals surface area (Å²) in [6.07, 6.45) is 0. The zero-order valence-electron chi connectivity index (χ0n) is 13.1. The molecule has 23 heavy (non-hydrogen) atoms. The predicted octanol–water partition coefficient (Wildman–Crippen LogP) is 1.31. The van der Waals surface area contributed by atoms with Gasteiger partial charge in [0.2, 0.25) is 21.9 Å². The van der Waals surface area contributed by atoms with E-state index in [9.17, 15) is 8.42 Å². The van der Waals surface area contributed by atoms with Crippen molar-refractivity contribution in [2.75, 3.05) is 38.0 Å². The number of nitrogens with one attached hydrogen (secondary N) is 1. The Morgan fingerprint density at radius 3 is 2.09 bits per heavy atom. The molecule has 2 aromatic heterocycles. The van der Waals surface area contributed by atoms with Gasteiger partial charge in [0, 0.05) is 28.2 Å². The van der Waals surface area contributed by atoms with Crippen molar-refractivity contribution in [1.29, 1.82) is 0 Å². The summed E-state index contributed by atoms with van der Waals surface area (Å²) in [4.78, 5) is 16.3. The lowest BCUT2D eigenvalue weighted by atomic mass is 10.6. The van der Waals surface area contributed by atoms with E-state index in [1.807, 2.05) is 28.2 Å². The fraction of sp³-hybridized carbons (Fsp3) is 0.417. The highest BCUT2D eigenvalue weighted by Gasteiger charge is 2.18. The Hall–Kier alpha value is -1.30. The lowest BCUT2D eigenvalue weighted by Gasteiger charge is -2.16. The van der Waals surface area contributed by atoms with Crippen LogP contribution < -0.4 is 14.5 Å². The summed E-state index contributed by atoms with van der Waals surface area (Å²) in [7, 11) is 3.65. The highest BCUT2D eigenvalue weighted by Crippen LogP contribution is 2.25. The number of hydrogen-bond donors (Lipinski definition) is 1. The Labute approximate surface area is 147 Å². The molecule has 0 aliphatic carbocycles. The molecular weight excluding hydrogens is 404 g/mol. The highest BCUT2D eigenvalue weighted by molar-refractivity contribution is 9.11. The van der Waals surface area contributed by atoms with Crippen LogP contribution in [0, 0.1) is 0 Å². The van der Waals surface area contributed by atoms with Crippen molar-refractivity contribution in [2.45, 2.75) is 10.8 Å². The second kappa shape index (κ2) is 7.07. The Bertz CT molecular complexity index is 764. The maximum atomic E-state index is 12.2. The SMILES string of the molecule is CN(C)c1nc(CNS(=O)(=O)c2ccc(Br)s2)nc(N(C)C)n1. The van der Waals surface area contributed by atoms with Crippen LogP contribution in [0.3, 0.4) is 0 Å². The molecule has 0 saturated carbocycles. The van der Waals surface area contributed by atoms with Gasteiger partial charge in [-0.2, -0.15) is 15.0 Å². The third-order valence-electron chi connectivity index (χ3n) is 2.69. The van der Waals surface area contributed by atoms with Crippen molar-refractivity contribution in [3.8, 4) is 0 Å². The van der Waals surface area contributed by atoms with Crippen LogP contribution in [0.1, 0.15) is 5.82 Å². The van der Waals surface area contributed by atoms with Gasteiger partial charge in [0.15, 0.2) is 5.82 Å². The lowest BCUT2D eigenvalue weighted by molar-refractivity contribution is 0.581. The molecule has 126 valence electrons. The topological polar surface area (TPSA) is 91.3 Å². The van der Waals surface area contributed by atoms with Crippen molar-refractivity contribution >= 4 is 49.2 Å². The quantitative estimate of drug-likeness (QED) is 0.752. The second-order valence-corrected chi connectivity index (χ2v) is 9.48. The summed E-state index contributed by atoms with van der Waals surface area (Å²) in [5.74, 6) is 1.29. The van der Waals surface area contributed by atoms with E-state index in [2.05, 4.69) is 35.6 Å². The first-order chi connectivity index (χ1) is 10.7. The Balaban J connectivity index is 2.23. The third kappa shape index (κ3) is 4.59. The first kappa shape index (κ1) is 18.0. The highest BCUT2D eigenvalue weighted by atomic mass is 79.9. The van der Waals surface area contributed by atoms with Crippen LogP contribution in [0.2, 0.25) is 0 Å². The van der Waals surface area contributed by atoms with Crippen LogP contribution in [0.15, 0.2) is 20.1 Å². The molecule has 0 bridgehead atoms. The van der Waals surface area contributed by atoms with Crippen LogP contribution in [-0.4, -0.2) is 51.6 Å². The summed E-state index contributed by atoms with van der Waals surface area (Å²) in [5, 5.41) is 0. The molecule has 0 atom stereocenters. The van der Waals surface area contributed by atoms with Gasteiger partial charge >= 0.3 is 0 Å². The summed E-state index contributed by atoms with van der Waals surface area (Å²) < 4.78 is 28.0. The van der Waals surface area contributed by atoms with Crippen LogP contribution in [0.25, 0.3) is 0 Å². The Morgan fingerprint density at radius 2 is 1.65 bits per heavy atom. The van der Waals surface area contributed by atoms with Crippen molar-refractivity contribution in [2.24, 2.45) is 0 Å². The number of nitrogens with zero attached hydrogens (tertiary/aromatic N) is 5. The zero-order chi connectivity index (χ0) is 17.2. The standard InChI is InChI=1S/C12H17BrN6O2S2/c1-18(2)11-15-9(16-12(17-11)19(3)4)7-14-23(20,21)10-6-5-8(13)22-10/h5-6,14H,7H2,1-4H3. The number of thiophene rings is 1. The van der Waals surface area contributed by atoms with Crippen molar-refractivity contribution in [3.05, 3.63) is 21.7 Å². The number of halogens is 1. The van der Waals surface area contributed by atoms with Gasteiger partial charge in [0.25, 0.3) is 0 Å². The van der Waals surface area contributed by atoms with Crippen molar-refractivity contribution in [3.63, 3.8) is 0 Å². The van der Waals surface area contributed by atoms with Crippen molar-refractivity contribution in [1.82, 2.24) is 19.7 Å². The summed E-state index contributed by atoms with van der Waals surface area (Å²) >= 11 is 4.40. The van der Waals surface area contributed by atoms with Gasteiger partial charge in [0.1, 0.15) is 4.21 Å². The fourth-order valence-corrected chi connectivity index (χ4v) is 4.58. The van der Waals surface area contributed by atoms with E-state index in [0.29, 0.717) is 17.7 Å². The number of rotatable bonds is 6. The second-order valence-electron chi connectivity index (χ2n) is 5.02. The van der Waals surface area contributed by atoms with Crippen LogP contribution in [0.5, 0.6) is 0 Å². The molecule has 0 saturated heterocycles. The minimum Gasteiger partial charge on any atom is -0.347 e. The molecular formula is C12H17BrN6O2S2. The van der Waals surface area contributed by atoms with E-state index in [-0.39, 0.29) is 10.8 Å². The van der Waals surface area contributed by atoms with Gasteiger partial charge in [-0.05, 0) is 28.1 Å². The number of anilines is 2. The molecule has 8 nitrogen and oxygen atoms in total. The molecule has 0 radical (unpaired) electrons. The van der Waals surface area contributed by atoms with E-state index >= 15 is 0 Å². The van der Waals surface area contributed by atoms with Gasteiger partial charge in [-0.25, -0.2) is 13.1 Å². The smallest absolute Gasteiger partial charge is 0.250 e. The van der Waals surface area contributed by atoms with Crippen LogP contribution in [-0.2, 0) is 16.6 Å². The summed E-state index contributed by atoms with van der Waals surface area (Å²) in [5.41, 5.74) is 0. The average molecular weight is 421 g/mol. The minimum absolute atomic E-state index is 0.0119. The first-order valence-corrected chi connectivity index (χ1v) is 9.63. The third-order valence-corrected chi connectivity index (χ3v) is 6.21. The number of sulfonamides is 1. The molecule has 2 heterocycles. The van der Waals surface area contributed by atoms with E-state index in [0.717, 1.165) is 15.1 Å². The van der Waals surface area contributed by atoms with Gasteiger partial charge in [-0.15, -0.1) is 11.3 Å². The largest absolute Gasteiger partial charge is 0.347 e. The van der Waals surface area contributed by atoms with Gasteiger partial charge in [0.05, 0.1) is 10.3 Å². The monoisotopic (exact) mass is 420 g/mol. The molecule has 2 aromatic rings. The fourth-order valence-electron chi connectivity index (χ4n) is 1.55. The molecule has 0 unspecified atom stereocenters. The normalized spacial score (nSPS) is 11.5. The number of hydrogen-bond acceptors (Lipinski definition) is 8. The Kier molecular flexibility index (Phi) is 5.55. The summed E-state index contributed by atoms with van der Waals surface area (Å²) in [6.45, 7) is -0.0119. The molecule has 1 N–H and O–H groups in total. The molecule has 0 aliphatic rings.